The molecule has 0 aliphatic carbocycles. The van der Waals surface area contributed by atoms with Gasteiger partial charge in [0.2, 0.25) is 5.91 Å². The molecular weight excluding hydrogens is 370 g/mol. The summed E-state index contributed by atoms with van der Waals surface area (Å²) < 4.78 is 6.72. The first kappa shape index (κ1) is 20.4. The summed E-state index contributed by atoms with van der Waals surface area (Å²) in [5.74, 6) is -0.735. The largest absolute Gasteiger partial charge is 0.419 e. The Balaban J connectivity index is 1.52. The van der Waals surface area contributed by atoms with E-state index in [1.54, 1.807) is 36.4 Å². The van der Waals surface area contributed by atoms with E-state index in [1.165, 1.54) is 4.57 Å². The molecule has 1 heterocycles. The van der Waals surface area contributed by atoms with Crippen molar-refractivity contribution in [1.82, 2.24) is 9.88 Å². The number of aryl methyl sites for hydroxylation is 1. The maximum absolute atomic E-state index is 12.2. The minimum Gasteiger partial charge on any atom is -0.408 e. The van der Waals surface area contributed by atoms with Gasteiger partial charge in [0.05, 0.1) is 5.52 Å². The molecular formula is C22H25N3O4. The molecule has 0 spiro atoms. The van der Waals surface area contributed by atoms with Crippen molar-refractivity contribution >= 4 is 28.6 Å². The van der Waals surface area contributed by atoms with Crippen LogP contribution in [0, 0.1) is 0 Å². The fourth-order valence-electron chi connectivity index (χ4n) is 2.96. The molecule has 0 atom stereocenters. The Morgan fingerprint density at radius 3 is 2.41 bits per heavy atom. The summed E-state index contributed by atoms with van der Waals surface area (Å²) in [5, 5.41) is 5.70. The highest BCUT2D eigenvalue weighted by Crippen LogP contribution is 2.14. The summed E-state index contributed by atoms with van der Waals surface area (Å²) in [6.45, 7) is 6.15. The Kier molecular flexibility index (Phi) is 5.87. The molecule has 0 bridgehead atoms. The second-order valence-electron chi connectivity index (χ2n) is 7.92. The summed E-state index contributed by atoms with van der Waals surface area (Å²) in [4.78, 5) is 36.3. The van der Waals surface area contributed by atoms with Crippen molar-refractivity contribution in [3.63, 3.8) is 0 Å². The van der Waals surface area contributed by atoms with Gasteiger partial charge in [-0.15, -0.1) is 0 Å². The standard InChI is InChI=1S/C22H25N3O4/c1-22(2,3)24-20(27)15-10-12-16(13-11-15)23-19(26)9-6-14-25-17-7-4-5-8-18(17)29-21(25)28/h4-5,7-8,10-13H,6,9,14H2,1-3H3,(H,23,26)(H,24,27). The Labute approximate surface area is 168 Å². The first-order chi connectivity index (χ1) is 13.7. The van der Waals surface area contributed by atoms with Gasteiger partial charge < -0.3 is 15.1 Å². The van der Waals surface area contributed by atoms with Crippen LogP contribution in [0.5, 0.6) is 0 Å². The van der Waals surface area contributed by atoms with Crippen LogP contribution in [0.2, 0.25) is 0 Å². The SMILES string of the molecule is CC(C)(C)NC(=O)c1ccc(NC(=O)CCCn2c(=O)oc3ccccc32)cc1. The lowest BCUT2D eigenvalue weighted by molar-refractivity contribution is -0.116. The number of anilines is 1. The molecule has 2 aromatic carbocycles. The zero-order chi connectivity index (χ0) is 21.0. The maximum atomic E-state index is 12.2. The van der Waals surface area contributed by atoms with Gasteiger partial charge in [0.25, 0.3) is 5.91 Å². The molecule has 1 aromatic heterocycles. The molecule has 0 saturated heterocycles. The number of benzene rings is 2. The average molecular weight is 395 g/mol. The number of hydrogen-bond acceptors (Lipinski definition) is 4. The Hall–Kier alpha value is -3.35. The molecule has 152 valence electrons. The number of hydrogen-bond donors (Lipinski definition) is 2. The first-order valence-corrected chi connectivity index (χ1v) is 9.54. The van der Waals surface area contributed by atoms with Crippen LogP contribution in [0.25, 0.3) is 11.1 Å². The van der Waals surface area contributed by atoms with Crippen LogP contribution >= 0.6 is 0 Å². The summed E-state index contributed by atoms with van der Waals surface area (Å²) >= 11 is 0. The van der Waals surface area contributed by atoms with E-state index >= 15 is 0 Å². The maximum Gasteiger partial charge on any atom is 0.419 e. The van der Waals surface area contributed by atoms with Gasteiger partial charge in [-0.3, -0.25) is 14.2 Å². The number of carbonyl (C=O) groups excluding carboxylic acids is 2. The second-order valence-corrected chi connectivity index (χ2v) is 7.92. The highest BCUT2D eigenvalue weighted by molar-refractivity contribution is 5.96. The molecule has 2 amide bonds. The molecule has 3 rings (SSSR count). The predicted molar refractivity (Wildman–Crippen MR) is 112 cm³/mol. The van der Waals surface area contributed by atoms with E-state index in [0.29, 0.717) is 29.8 Å². The number of amides is 2. The normalized spacial score (nSPS) is 11.4. The van der Waals surface area contributed by atoms with E-state index in [0.717, 1.165) is 5.52 Å². The number of aromatic nitrogens is 1. The van der Waals surface area contributed by atoms with E-state index in [4.69, 9.17) is 4.42 Å². The molecule has 29 heavy (non-hydrogen) atoms. The second kappa shape index (κ2) is 8.34. The number of carbonyl (C=O) groups is 2. The zero-order valence-electron chi connectivity index (χ0n) is 16.8. The van der Waals surface area contributed by atoms with Gasteiger partial charge in [-0.1, -0.05) is 12.1 Å². The van der Waals surface area contributed by atoms with Gasteiger partial charge in [-0.2, -0.15) is 0 Å². The fraction of sp³-hybridized carbons (Fsp3) is 0.318. The van der Waals surface area contributed by atoms with Gasteiger partial charge in [-0.05, 0) is 63.6 Å². The average Bonchev–Trinajstić information content (AvgIpc) is 2.96. The summed E-state index contributed by atoms with van der Waals surface area (Å²) in [6.07, 6.45) is 0.763. The predicted octanol–water partition coefficient (Wildman–Crippen LogP) is 3.54. The number of fused-ring (bicyclic) bond motifs is 1. The van der Waals surface area contributed by atoms with Gasteiger partial charge in [-0.25, -0.2) is 4.79 Å². The van der Waals surface area contributed by atoms with Crippen molar-refractivity contribution in [2.24, 2.45) is 0 Å². The van der Waals surface area contributed by atoms with E-state index in [2.05, 4.69) is 10.6 Å². The zero-order valence-corrected chi connectivity index (χ0v) is 16.8. The fourth-order valence-corrected chi connectivity index (χ4v) is 2.96. The summed E-state index contributed by atoms with van der Waals surface area (Å²) in [5.41, 5.74) is 2.10. The van der Waals surface area contributed by atoms with Crippen molar-refractivity contribution in [1.29, 1.82) is 0 Å². The van der Waals surface area contributed by atoms with Crippen molar-refractivity contribution in [3.05, 3.63) is 64.6 Å². The van der Waals surface area contributed by atoms with E-state index in [-0.39, 0.29) is 23.8 Å². The minimum atomic E-state index is -0.421. The number of rotatable bonds is 6. The third-order valence-electron chi connectivity index (χ3n) is 4.28. The quantitative estimate of drug-likeness (QED) is 0.668. The lowest BCUT2D eigenvalue weighted by atomic mass is 10.1. The molecule has 2 N–H and O–H groups in total. The van der Waals surface area contributed by atoms with Gasteiger partial charge in [0.1, 0.15) is 0 Å². The first-order valence-electron chi connectivity index (χ1n) is 9.54. The summed E-state index contributed by atoms with van der Waals surface area (Å²) in [6, 6.07) is 13.9. The Morgan fingerprint density at radius 1 is 1.03 bits per heavy atom. The number of nitrogens with zero attached hydrogens (tertiary/aromatic N) is 1. The van der Waals surface area contributed by atoms with Crippen LogP contribution in [-0.4, -0.2) is 21.9 Å². The monoisotopic (exact) mass is 395 g/mol. The lowest BCUT2D eigenvalue weighted by Crippen LogP contribution is -2.40. The molecule has 0 aliphatic heterocycles. The third kappa shape index (κ3) is 5.34. The van der Waals surface area contributed by atoms with Gasteiger partial charge in [0, 0.05) is 29.8 Å². The van der Waals surface area contributed by atoms with Crippen molar-refractivity contribution in [2.45, 2.75) is 45.7 Å². The summed E-state index contributed by atoms with van der Waals surface area (Å²) in [7, 11) is 0. The van der Waals surface area contributed by atoms with Crippen LogP contribution in [0.1, 0.15) is 44.0 Å². The molecule has 7 nitrogen and oxygen atoms in total. The van der Waals surface area contributed by atoms with Crippen molar-refractivity contribution in [3.8, 4) is 0 Å². The van der Waals surface area contributed by atoms with E-state index in [1.807, 2.05) is 32.9 Å². The number of oxazole rings is 1. The Morgan fingerprint density at radius 2 is 1.72 bits per heavy atom. The van der Waals surface area contributed by atoms with Crippen LogP contribution < -0.4 is 16.4 Å². The third-order valence-corrected chi connectivity index (χ3v) is 4.28. The van der Waals surface area contributed by atoms with Crippen LogP contribution in [-0.2, 0) is 11.3 Å². The molecule has 0 unspecified atom stereocenters. The topological polar surface area (TPSA) is 93.3 Å². The van der Waals surface area contributed by atoms with Gasteiger partial charge in [0.15, 0.2) is 5.58 Å². The molecule has 0 aliphatic rings. The molecule has 0 saturated carbocycles. The van der Waals surface area contributed by atoms with Crippen molar-refractivity contribution < 1.29 is 14.0 Å². The Bertz CT molecular complexity index is 1070. The van der Waals surface area contributed by atoms with E-state index < -0.39 is 5.76 Å². The van der Waals surface area contributed by atoms with Crippen LogP contribution in [0.4, 0.5) is 5.69 Å². The molecule has 0 fully saturated rings. The van der Waals surface area contributed by atoms with Crippen molar-refractivity contribution in [2.75, 3.05) is 5.32 Å². The highest BCUT2D eigenvalue weighted by Gasteiger charge is 2.15. The van der Waals surface area contributed by atoms with Gasteiger partial charge >= 0.3 is 5.76 Å². The molecule has 7 heteroatoms. The van der Waals surface area contributed by atoms with E-state index in [9.17, 15) is 14.4 Å². The van der Waals surface area contributed by atoms with Crippen LogP contribution in [0.3, 0.4) is 0 Å². The smallest absolute Gasteiger partial charge is 0.408 e. The highest BCUT2D eigenvalue weighted by atomic mass is 16.4. The number of nitrogens with one attached hydrogen (secondary N) is 2. The lowest BCUT2D eigenvalue weighted by Gasteiger charge is -2.20. The molecule has 0 radical (unpaired) electrons. The molecule has 3 aromatic rings. The number of para-hydroxylation sites is 2. The minimum absolute atomic E-state index is 0.155. The van der Waals surface area contributed by atoms with Crippen LogP contribution in [0.15, 0.2) is 57.7 Å².